The van der Waals surface area contributed by atoms with E-state index < -0.39 is 0 Å². The van der Waals surface area contributed by atoms with Crippen LogP contribution in [0, 0.1) is 0 Å². The van der Waals surface area contributed by atoms with Gasteiger partial charge in [0, 0.05) is 18.0 Å². The minimum absolute atomic E-state index is 0.346. The Kier molecular flexibility index (Phi) is 4.22. The lowest BCUT2D eigenvalue weighted by molar-refractivity contribution is 0.350. The molecular formula is C16H25N. The van der Waals surface area contributed by atoms with Crippen molar-refractivity contribution in [2.75, 3.05) is 6.54 Å². The van der Waals surface area contributed by atoms with E-state index in [0.29, 0.717) is 5.41 Å². The SMILES string of the molecule is CCCC(CC)(CNC1CC1)c1ccccc1. The number of benzene rings is 1. The van der Waals surface area contributed by atoms with Gasteiger partial charge < -0.3 is 5.32 Å². The highest BCUT2D eigenvalue weighted by molar-refractivity contribution is 5.26. The molecule has 0 heterocycles. The number of hydrogen-bond acceptors (Lipinski definition) is 1. The molecule has 1 N–H and O–H groups in total. The van der Waals surface area contributed by atoms with Crippen molar-refractivity contribution in [1.82, 2.24) is 5.32 Å². The van der Waals surface area contributed by atoms with Crippen LogP contribution >= 0.6 is 0 Å². The van der Waals surface area contributed by atoms with E-state index in [-0.39, 0.29) is 0 Å². The number of rotatable bonds is 7. The van der Waals surface area contributed by atoms with E-state index in [4.69, 9.17) is 0 Å². The Balaban J connectivity index is 2.14. The van der Waals surface area contributed by atoms with Crippen molar-refractivity contribution in [3.05, 3.63) is 35.9 Å². The van der Waals surface area contributed by atoms with E-state index >= 15 is 0 Å². The van der Waals surface area contributed by atoms with Crippen molar-refractivity contribution in [2.24, 2.45) is 0 Å². The Labute approximate surface area is 106 Å². The van der Waals surface area contributed by atoms with Gasteiger partial charge in [-0.1, -0.05) is 50.6 Å². The number of hydrogen-bond donors (Lipinski definition) is 1. The van der Waals surface area contributed by atoms with E-state index in [1.807, 2.05) is 0 Å². The van der Waals surface area contributed by atoms with Gasteiger partial charge in [-0.3, -0.25) is 0 Å². The third kappa shape index (κ3) is 3.10. The van der Waals surface area contributed by atoms with E-state index in [0.717, 1.165) is 12.6 Å². The Morgan fingerprint density at radius 1 is 1.18 bits per heavy atom. The molecule has 17 heavy (non-hydrogen) atoms. The zero-order valence-electron chi connectivity index (χ0n) is 11.2. The average Bonchev–Trinajstić information content (AvgIpc) is 3.20. The normalized spacial score (nSPS) is 18.9. The lowest BCUT2D eigenvalue weighted by Gasteiger charge is -2.34. The summed E-state index contributed by atoms with van der Waals surface area (Å²) in [5.74, 6) is 0. The van der Waals surface area contributed by atoms with Gasteiger partial charge in [-0.25, -0.2) is 0 Å². The van der Waals surface area contributed by atoms with Gasteiger partial charge in [0.15, 0.2) is 0 Å². The molecule has 0 spiro atoms. The third-order valence-electron chi connectivity index (χ3n) is 4.10. The summed E-state index contributed by atoms with van der Waals surface area (Å²) in [6, 6.07) is 11.9. The van der Waals surface area contributed by atoms with Crippen molar-refractivity contribution < 1.29 is 0 Å². The fraction of sp³-hybridized carbons (Fsp3) is 0.625. The van der Waals surface area contributed by atoms with E-state index in [1.165, 1.54) is 37.7 Å². The second-order valence-corrected chi connectivity index (χ2v) is 5.41. The first-order valence-electron chi connectivity index (χ1n) is 7.09. The molecule has 0 saturated heterocycles. The quantitative estimate of drug-likeness (QED) is 0.751. The maximum atomic E-state index is 3.73. The highest BCUT2D eigenvalue weighted by atomic mass is 15.0. The predicted octanol–water partition coefficient (Wildman–Crippen LogP) is 3.89. The highest BCUT2D eigenvalue weighted by Gasteiger charge is 2.31. The minimum atomic E-state index is 0.346. The lowest BCUT2D eigenvalue weighted by atomic mass is 9.74. The lowest BCUT2D eigenvalue weighted by Crippen LogP contribution is -2.38. The van der Waals surface area contributed by atoms with Crippen LogP contribution in [0.1, 0.15) is 51.5 Å². The topological polar surface area (TPSA) is 12.0 Å². The molecule has 1 aromatic carbocycles. The van der Waals surface area contributed by atoms with Crippen molar-refractivity contribution in [1.29, 1.82) is 0 Å². The Hall–Kier alpha value is -0.820. The van der Waals surface area contributed by atoms with Gasteiger partial charge in [0.05, 0.1) is 0 Å². The minimum Gasteiger partial charge on any atom is -0.313 e. The third-order valence-corrected chi connectivity index (χ3v) is 4.10. The zero-order valence-corrected chi connectivity index (χ0v) is 11.2. The summed E-state index contributed by atoms with van der Waals surface area (Å²) >= 11 is 0. The summed E-state index contributed by atoms with van der Waals surface area (Å²) in [4.78, 5) is 0. The highest BCUT2D eigenvalue weighted by Crippen LogP contribution is 2.33. The van der Waals surface area contributed by atoms with Crippen molar-refractivity contribution in [2.45, 2.75) is 57.4 Å². The van der Waals surface area contributed by atoms with Crippen LogP contribution in [0.3, 0.4) is 0 Å². The first-order valence-corrected chi connectivity index (χ1v) is 7.09. The van der Waals surface area contributed by atoms with Crippen LogP contribution in [0.4, 0.5) is 0 Å². The summed E-state index contributed by atoms with van der Waals surface area (Å²) in [5.41, 5.74) is 1.86. The molecule has 0 aliphatic heterocycles. The van der Waals surface area contributed by atoms with Crippen LogP contribution in [0.2, 0.25) is 0 Å². The Morgan fingerprint density at radius 3 is 2.41 bits per heavy atom. The molecule has 1 aromatic rings. The molecule has 1 aliphatic carbocycles. The van der Waals surface area contributed by atoms with Gasteiger partial charge in [0.25, 0.3) is 0 Å². The molecule has 0 aromatic heterocycles. The molecule has 1 fully saturated rings. The van der Waals surface area contributed by atoms with Gasteiger partial charge in [-0.05, 0) is 31.2 Å². The molecule has 1 heteroatoms. The van der Waals surface area contributed by atoms with E-state index in [2.05, 4.69) is 49.5 Å². The molecule has 1 aliphatic rings. The maximum absolute atomic E-state index is 3.73. The van der Waals surface area contributed by atoms with Gasteiger partial charge in [0.1, 0.15) is 0 Å². The van der Waals surface area contributed by atoms with Crippen LogP contribution < -0.4 is 5.32 Å². The molecule has 0 radical (unpaired) electrons. The van der Waals surface area contributed by atoms with Crippen LogP contribution in [0.25, 0.3) is 0 Å². The van der Waals surface area contributed by atoms with Crippen molar-refractivity contribution >= 4 is 0 Å². The summed E-state index contributed by atoms with van der Waals surface area (Å²) in [6.45, 7) is 5.77. The zero-order chi connectivity index (χ0) is 12.1. The van der Waals surface area contributed by atoms with Gasteiger partial charge in [-0.2, -0.15) is 0 Å². The van der Waals surface area contributed by atoms with Crippen LogP contribution in [0.15, 0.2) is 30.3 Å². The van der Waals surface area contributed by atoms with E-state index in [9.17, 15) is 0 Å². The fourth-order valence-electron chi connectivity index (χ4n) is 2.74. The number of nitrogens with one attached hydrogen (secondary N) is 1. The van der Waals surface area contributed by atoms with Crippen LogP contribution in [-0.4, -0.2) is 12.6 Å². The van der Waals surface area contributed by atoms with Crippen molar-refractivity contribution in [3.8, 4) is 0 Å². The summed E-state index contributed by atoms with van der Waals surface area (Å²) in [6.07, 6.45) is 6.52. The second-order valence-electron chi connectivity index (χ2n) is 5.41. The first kappa shape index (κ1) is 12.6. The molecule has 1 nitrogen and oxygen atoms in total. The van der Waals surface area contributed by atoms with Gasteiger partial charge in [0.2, 0.25) is 0 Å². The van der Waals surface area contributed by atoms with Gasteiger partial charge in [-0.15, -0.1) is 0 Å². The van der Waals surface area contributed by atoms with Crippen LogP contribution in [0.5, 0.6) is 0 Å². The predicted molar refractivity (Wildman–Crippen MR) is 74.3 cm³/mol. The Morgan fingerprint density at radius 2 is 1.88 bits per heavy atom. The maximum Gasteiger partial charge on any atom is 0.00751 e. The summed E-state index contributed by atoms with van der Waals surface area (Å²) in [7, 11) is 0. The molecule has 1 saturated carbocycles. The van der Waals surface area contributed by atoms with Crippen LogP contribution in [-0.2, 0) is 5.41 Å². The molecule has 0 amide bonds. The van der Waals surface area contributed by atoms with Gasteiger partial charge >= 0.3 is 0 Å². The largest absolute Gasteiger partial charge is 0.313 e. The molecule has 1 atom stereocenters. The smallest absolute Gasteiger partial charge is 0.00751 e. The average molecular weight is 231 g/mol. The van der Waals surface area contributed by atoms with Crippen molar-refractivity contribution in [3.63, 3.8) is 0 Å². The first-order chi connectivity index (χ1) is 8.30. The fourth-order valence-corrected chi connectivity index (χ4v) is 2.74. The molecular weight excluding hydrogens is 206 g/mol. The standard InChI is InChI=1S/C16H25N/c1-3-12-16(4-2,13-17-15-10-11-15)14-8-6-5-7-9-14/h5-9,15,17H,3-4,10-13H2,1-2H3. The second kappa shape index (κ2) is 5.68. The summed E-state index contributed by atoms with van der Waals surface area (Å²) in [5, 5.41) is 3.73. The molecule has 94 valence electrons. The molecule has 1 unspecified atom stereocenters. The monoisotopic (exact) mass is 231 g/mol. The Bertz CT molecular complexity index is 329. The summed E-state index contributed by atoms with van der Waals surface area (Å²) < 4.78 is 0. The molecule has 0 bridgehead atoms. The van der Waals surface area contributed by atoms with E-state index in [1.54, 1.807) is 0 Å². The molecule has 2 rings (SSSR count).